The molecule has 1 heterocycles. The third-order valence-corrected chi connectivity index (χ3v) is 8.79. The van der Waals surface area contributed by atoms with Gasteiger partial charge in [-0.15, -0.1) is 0 Å². The van der Waals surface area contributed by atoms with Crippen LogP contribution in [0.5, 0.6) is 5.75 Å². The van der Waals surface area contributed by atoms with Crippen molar-refractivity contribution in [1.29, 1.82) is 0 Å². The molecule has 0 bridgehead atoms. The zero-order valence-corrected chi connectivity index (χ0v) is 22.6. The minimum Gasteiger partial charge on any atom is -0.426 e. The van der Waals surface area contributed by atoms with E-state index >= 15 is 0 Å². The van der Waals surface area contributed by atoms with Gasteiger partial charge in [-0.05, 0) is 98.9 Å². The van der Waals surface area contributed by atoms with E-state index in [9.17, 15) is 4.79 Å². The second kappa shape index (κ2) is 13.9. The molecule has 0 spiro atoms. The molecule has 2 aromatic rings. The molecule has 2 fully saturated rings. The minimum absolute atomic E-state index is 0.0456. The van der Waals surface area contributed by atoms with Crippen molar-refractivity contribution in [3.8, 4) is 17.1 Å². The summed E-state index contributed by atoms with van der Waals surface area (Å²) in [5.41, 5.74) is 2.22. The highest BCUT2D eigenvalue weighted by Crippen LogP contribution is 2.37. The molecule has 2 aliphatic carbocycles. The van der Waals surface area contributed by atoms with Crippen molar-refractivity contribution in [2.24, 2.45) is 17.8 Å². The van der Waals surface area contributed by atoms with Gasteiger partial charge in [0.25, 0.3) is 0 Å². The van der Waals surface area contributed by atoms with Crippen molar-refractivity contribution in [2.45, 2.75) is 116 Å². The van der Waals surface area contributed by atoms with E-state index in [0.717, 1.165) is 36.1 Å². The summed E-state index contributed by atoms with van der Waals surface area (Å²) in [6.07, 6.45) is 22.8. The first kappa shape index (κ1) is 26.8. The molecule has 4 rings (SSSR count). The van der Waals surface area contributed by atoms with Crippen molar-refractivity contribution in [3.63, 3.8) is 0 Å². The molecule has 0 unspecified atom stereocenters. The fourth-order valence-electron chi connectivity index (χ4n) is 6.20. The zero-order chi connectivity index (χ0) is 25.2. The lowest BCUT2D eigenvalue weighted by atomic mass is 9.78. The van der Waals surface area contributed by atoms with Crippen molar-refractivity contribution in [3.05, 3.63) is 42.2 Å². The third kappa shape index (κ3) is 7.63. The van der Waals surface area contributed by atoms with Crippen molar-refractivity contribution >= 4 is 5.97 Å². The van der Waals surface area contributed by atoms with Crippen molar-refractivity contribution < 1.29 is 9.53 Å². The highest BCUT2D eigenvalue weighted by atomic mass is 16.5. The number of hydrogen-bond acceptors (Lipinski definition) is 4. The molecule has 0 radical (unpaired) electrons. The van der Waals surface area contributed by atoms with Crippen LogP contribution in [0.15, 0.2) is 36.7 Å². The predicted octanol–water partition coefficient (Wildman–Crippen LogP) is 8.90. The van der Waals surface area contributed by atoms with Gasteiger partial charge in [-0.3, -0.25) is 4.79 Å². The molecule has 1 aromatic carbocycles. The Kier molecular flexibility index (Phi) is 10.4. The third-order valence-electron chi connectivity index (χ3n) is 8.79. The summed E-state index contributed by atoms with van der Waals surface area (Å²) in [7, 11) is 0. The van der Waals surface area contributed by atoms with Gasteiger partial charge in [0.1, 0.15) is 5.75 Å². The van der Waals surface area contributed by atoms with Crippen LogP contribution in [0, 0.1) is 17.8 Å². The number of unbranched alkanes of at least 4 members (excludes halogenated alkanes) is 4. The maximum Gasteiger partial charge on any atom is 0.314 e. The summed E-state index contributed by atoms with van der Waals surface area (Å²) in [6.45, 7) is 4.57. The Balaban J connectivity index is 1.21. The quantitative estimate of drug-likeness (QED) is 0.179. The predicted molar refractivity (Wildman–Crippen MR) is 147 cm³/mol. The summed E-state index contributed by atoms with van der Waals surface area (Å²) in [5, 5.41) is 0. The molecular formula is C32H46N2O2. The fraction of sp³-hybridized carbons (Fsp3) is 0.656. The number of aromatic nitrogens is 2. The average Bonchev–Trinajstić information content (AvgIpc) is 2.94. The summed E-state index contributed by atoms with van der Waals surface area (Å²) in [5.74, 6) is 3.62. The van der Waals surface area contributed by atoms with Gasteiger partial charge in [0, 0.05) is 18.0 Å². The summed E-state index contributed by atoms with van der Waals surface area (Å²) < 4.78 is 5.74. The lowest BCUT2D eigenvalue weighted by Gasteiger charge is -2.27. The molecule has 0 aliphatic heterocycles. The van der Waals surface area contributed by atoms with Crippen LogP contribution in [0.2, 0.25) is 0 Å². The van der Waals surface area contributed by atoms with Gasteiger partial charge in [-0.25, -0.2) is 9.97 Å². The Morgan fingerprint density at radius 2 is 1.44 bits per heavy atom. The number of rotatable bonds is 11. The first-order valence-corrected chi connectivity index (χ1v) is 14.8. The van der Waals surface area contributed by atoms with Crippen LogP contribution in [0.4, 0.5) is 0 Å². The van der Waals surface area contributed by atoms with Crippen LogP contribution >= 0.6 is 0 Å². The first-order chi connectivity index (χ1) is 17.7. The summed E-state index contributed by atoms with van der Waals surface area (Å²) in [4.78, 5) is 22.0. The van der Waals surface area contributed by atoms with E-state index < -0.39 is 0 Å². The van der Waals surface area contributed by atoms with E-state index in [1.807, 2.05) is 36.7 Å². The topological polar surface area (TPSA) is 52.1 Å². The Morgan fingerprint density at radius 3 is 2.08 bits per heavy atom. The van der Waals surface area contributed by atoms with Crippen LogP contribution in [0.3, 0.4) is 0 Å². The Hall–Kier alpha value is -2.23. The molecule has 0 amide bonds. The molecule has 4 heteroatoms. The Bertz CT molecular complexity index is 908. The minimum atomic E-state index is -0.0671. The maximum atomic E-state index is 12.7. The molecule has 0 saturated heterocycles. The molecule has 36 heavy (non-hydrogen) atoms. The van der Waals surface area contributed by atoms with Gasteiger partial charge < -0.3 is 4.74 Å². The molecule has 2 aliphatic rings. The van der Waals surface area contributed by atoms with E-state index in [4.69, 9.17) is 4.74 Å². The van der Waals surface area contributed by atoms with Crippen LogP contribution in [0.1, 0.15) is 122 Å². The second-order valence-corrected chi connectivity index (χ2v) is 11.3. The normalized spacial score (nSPS) is 24.4. The number of ether oxygens (including phenoxy) is 1. The lowest BCUT2D eigenvalue weighted by Crippen LogP contribution is -2.25. The van der Waals surface area contributed by atoms with Gasteiger partial charge in [0.15, 0.2) is 5.82 Å². The van der Waals surface area contributed by atoms with E-state index in [2.05, 4.69) is 23.8 Å². The monoisotopic (exact) mass is 490 g/mol. The summed E-state index contributed by atoms with van der Waals surface area (Å²) in [6, 6.07) is 7.66. The Labute approximate surface area is 218 Å². The SMILES string of the molecule is CCCCCCCC1CCC(C(=O)Oc2ccc(-c3ncc([C@H]4CC[C@H](CC)CC4)cn3)cc2)CC1. The fourth-order valence-corrected chi connectivity index (χ4v) is 6.20. The van der Waals surface area contributed by atoms with Crippen LogP contribution in [-0.2, 0) is 4.79 Å². The van der Waals surface area contributed by atoms with Gasteiger partial charge in [-0.2, -0.15) is 0 Å². The van der Waals surface area contributed by atoms with E-state index in [0.29, 0.717) is 11.7 Å². The van der Waals surface area contributed by atoms with Crippen molar-refractivity contribution in [1.82, 2.24) is 9.97 Å². The number of carbonyl (C=O) groups excluding carboxylic acids is 1. The molecule has 1 aromatic heterocycles. The number of hydrogen-bond donors (Lipinski definition) is 0. The molecule has 4 nitrogen and oxygen atoms in total. The highest BCUT2D eigenvalue weighted by molar-refractivity contribution is 5.75. The van der Waals surface area contributed by atoms with Gasteiger partial charge >= 0.3 is 5.97 Å². The van der Waals surface area contributed by atoms with Crippen LogP contribution in [0.25, 0.3) is 11.4 Å². The molecule has 2 saturated carbocycles. The number of benzene rings is 1. The molecule has 0 atom stereocenters. The van der Waals surface area contributed by atoms with E-state index in [1.54, 1.807) is 0 Å². The van der Waals surface area contributed by atoms with E-state index in [1.165, 1.54) is 89.0 Å². The van der Waals surface area contributed by atoms with Gasteiger partial charge in [-0.1, -0.05) is 58.8 Å². The Morgan fingerprint density at radius 1 is 0.806 bits per heavy atom. The average molecular weight is 491 g/mol. The molecule has 196 valence electrons. The lowest BCUT2D eigenvalue weighted by molar-refractivity contribution is -0.140. The number of nitrogens with zero attached hydrogens (tertiary/aromatic N) is 2. The standard InChI is InChI=1S/C32H46N2O2/c1-3-5-6-7-8-9-25-12-16-28(17-13-25)32(35)36-30-20-18-27(19-21-30)31-33-22-29(23-34-31)26-14-10-24(4-2)11-15-26/h18-26,28H,3-17H2,1-2H3/t24-,25?,26-,28?. The highest BCUT2D eigenvalue weighted by Gasteiger charge is 2.27. The van der Waals surface area contributed by atoms with Crippen LogP contribution in [-0.4, -0.2) is 15.9 Å². The smallest absolute Gasteiger partial charge is 0.314 e. The van der Waals surface area contributed by atoms with Gasteiger partial charge in [0.05, 0.1) is 5.92 Å². The van der Waals surface area contributed by atoms with Crippen molar-refractivity contribution in [2.75, 3.05) is 0 Å². The van der Waals surface area contributed by atoms with E-state index in [-0.39, 0.29) is 11.9 Å². The maximum absolute atomic E-state index is 12.7. The number of carbonyl (C=O) groups is 1. The number of esters is 1. The zero-order valence-electron chi connectivity index (χ0n) is 22.6. The largest absolute Gasteiger partial charge is 0.426 e. The van der Waals surface area contributed by atoms with Crippen LogP contribution < -0.4 is 4.74 Å². The summed E-state index contributed by atoms with van der Waals surface area (Å²) >= 11 is 0. The van der Waals surface area contributed by atoms with Gasteiger partial charge in [0.2, 0.25) is 0 Å². The molecular weight excluding hydrogens is 444 g/mol. The second-order valence-electron chi connectivity index (χ2n) is 11.3. The first-order valence-electron chi connectivity index (χ1n) is 14.8. The molecule has 0 N–H and O–H groups in total.